The van der Waals surface area contributed by atoms with Crippen molar-refractivity contribution in [1.29, 1.82) is 0 Å². The third-order valence-electron chi connectivity index (χ3n) is 4.20. The maximum Gasteiger partial charge on any atom is 0.230 e. The molecular weight excluding hydrogens is 409 g/mol. The van der Waals surface area contributed by atoms with Crippen LogP contribution in [-0.4, -0.2) is 15.9 Å². The largest absolute Gasteiger partial charge is 0.309 e. The van der Waals surface area contributed by atoms with Crippen molar-refractivity contribution in [3.8, 4) is 21.8 Å². The molecule has 0 saturated heterocycles. The predicted octanol–water partition coefficient (Wildman–Crippen LogP) is 5.85. The average Bonchev–Trinajstić information content (AvgIpc) is 3.25. The van der Waals surface area contributed by atoms with E-state index in [4.69, 9.17) is 11.6 Å². The lowest BCUT2D eigenvalue weighted by molar-refractivity contribution is -0.115. The van der Waals surface area contributed by atoms with E-state index in [9.17, 15) is 9.18 Å². The van der Waals surface area contributed by atoms with E-state index < -0.39 is 0 Å². The molecule has 0 radical (unpaired) electrons. The Morgan fingerprint density at radius 2 is 1.83 bits per heavy atom. The van der Waals surface area contributed by atoms with Gasteiger partial charge >= 0.3 is 0 Å². The lowest BCUT2D eigenvalue weighted by atomic mass is 10.1. The van der Waals surface area contributed by atoms with Gasteiger partial charge in [0.15, 0.2) is 5.82 Å². The number of halogens is 2. The molecule has 4 aromatic rings. The van der Waals surface area contributed by atoms with Crippen LogP contribution in [0.3, 0.4) is 0 Å². The van der Waals surface area contributed by atoms with Gasteiger partial charge in [-0.2, -0.15) is 0 Å². The zero-order valence-corrected chi connectivity index (χ0v) is 16.7. The Labute approximate surface area is 176 Å². The Bertz CT molecular complexity index is 1130. The summed E-state index contributed by atoms with van der Waals surface area (Å²) in [4.78, 5) is 22.5. The van der Waals surface area contributed by atoms with Crippen LogP contribution < -0.4 is 5.32 Å². The lowest BCUT2D eigenvalue weighted by Gasteiger charge is -2.11. The third-order valence-corrected chi connectivity index (χ3v) is 5.33. The summed E-state index contributed by atoms with van der Waals surface area (Å²) in [5.41, 5.74) is 2.77. The lowest BCUT2D eigenvalue weighted by Crippen LogP contribution is -2.16. The Kier molecular flexibility index (Phi) is 5.64. The number of carbonyl (C=O) groups is 1. The Hall–Kier alpha value is -3.09. The van der Waals surface area contributed by atoms with Gasteiger partial charge in [-0.25, -0.2) is 14.4 Å². The van der Waals surface area contributed by atoms with Gasteiger partial charge in [0.05, 0.1) is 23.2 Å². The molecule has 1 N–H and O–H groups in total. The van der Waals surface area contributed by atoms with Gasteiger partial charge in [-0.3, -0.25) is 4.79 Å². The molecule has 4 nitrogen and oxygen atoms in total. The zero-order valence-electron chi connectivity index (χ0n) is 15.1. The first-order chi connectivity index (χ1) is 14.1. The van der Waals surface area contributed by atoms with Crippen molar-refractivity contribution in [3.63, 3.8) is 0 Å². The highest BCUT2D eigenvalue weighted by atomic mass is 35.5. The first-order valence-electron chi connectivity index (χ1n) is 8.79. The van der Waals surface area contributed by atoms with Crippen molar-refractivity contribution in [2.45, 2.75) is 6.42 Å². The Balaban J connectivity index is 1.62. The molecule has 0 aliphatic carbocycles. The number of thiophene rings is 1. The SMILES string of the molecule is O=C(Cc1ccc(Cl)cc1)Nc1ncc(-c2ccc(F)cc2)nc1-c1cccs1. The van der Waals surface area contributed by atoms with Crippen molar-refractivity contribution in [3.05, 3.63) is 88.6 Å². The van der Waals surface area contributed by atoms with Gasteiger partial charge in [0.25, 0.3) is 0 Å². The fraction of sp³-hybridized carbons (Fsp3) is 0.0455. The number of rotatable bonds is 5. The molecule has 0 saturated carbocycles. The average molecular weight is 424 g/mol. The van der Waals surface area contributed by atoms with Gasteiger partial charge in [-0.05, 0) is 53.4 Å². The Morgan fingerprint density at radius 1 is 1.07 bits per heavy atom. The maximum absolute atomic E-state index is 13.2. The van der Waals surface area contributed by atoms with Crippen LogP contribution in [0, 0.1) is 5.82 Å². The number of aromatic nitrogens is 2. The molecule has 144 valence electrons. The number of carbonyl (C=O) groups excluding carboxylic acids is 1. The molecule has 2 aromatic heterocycles. The molecule has 2 heterocycles. The van der Waals surface area contributed by atoms with Crippen LogP contribution in [0.4, 0.5) is 10.2 Å². The highest BCUT2D eigenvalue weighted by molar-refractivity contribution is 7.13. The first kappa shape index (κ1) is 19.2. The summed E-state index contributed by atoms with van der Waals surface area (Å²) < 4.78 is 13.2. The Morgan fingerprint density at radius 3 is 2.52 bits per heavy atom. The van der Waals surface area contributed by atoms with E-state index in [1.807, 2.05) is 29.6 Å². The van der Waals surface area contributed by atoms with Gasteiger partial charge < -0.3 is 5.32 Å². The summed E-state index contributed by atoms with van der Waals surface area (Å²) in [5, 5.41) is 5.40. The van der Waals surface area contributed by atoms with E-state index in [-0.39, 0.29) is 18.1 Å². The summed E-state index contributed by atoms with van der Waals surface area (Å²) in [6.07, 6.45) is 1.77. The van der Waals surface area contributed by atoms with E-state index >= 15 is 0 Å². The number of benzene rings is 2. The molecule has 2 aromatic carbocycles. The highest BCUT2D eigenvalue weighted by Gasteiger charge is 2.15. The summed E-state index contributed by atoms with van der Waals surface area (Å²) in [6.45, 7) is 0. The van der Waals surface area contributed by atoms with Crippen LogP contribution in [0.5, 0.6) is 0 Å². The van der Waals surface area contributed by atoms with Crippen LogP contribution in [0.25, 0.3) is 21.8 Å². The van der Waals surface area contributed by atoms with Crippen LogP contribution in [0.2, 0.25) is 5.02 Å². The highest BCUT2D eigenvalue weighted by Crippen LogP contribution is 2.31. The number of nitrogens with zero attached hydrogens (tertiary/aromatic N) is 2. The minimum Gasteiger partial charge on any atom is -0.309 e. The van der Waals surface area contributed by atoms with Gasteiger partial charge in [-0.15, -0.1) is 11.3 Å². The van der Waals surface area contributed by atoms with E-state index in [0.29, 0.717) is 22.2 Å². The van der Waals surface area contributed by atoms with E-state index in [1.165, 1.54) is 23.5 Å². The zero-order chi connectivity index (χ0) is 20.2. The van der Waals surface area contributed by atoms with Crippen LogP contribution in [0.1, 0.15) is 5.56 Å². The molecule has 0 atom stereocenters. The van der Waals surface area contributed by atoms with Crippen LogP contribution in [-0.2, 0) is 11.2 Å². The molecule has 1 amide bonds. The molecule has 4 rings (SSSR count). The molecule has 0 bridgehead atoms. The number of hydrogen-bond donors (Lipinski definition) is 1. The van der Waals surface area contributed by atoms with E-state index in [2.05, 4.69) is 15.3 Å². The fourth-order valence-electron chi connectivity index (χ4n) is 2.79. The van der Waals surface area contributed by atoms with Crippen molar-refractivity contribution in [2.75, 3.05) is 5.32 Å². The normalized spacial score (nSPS) is 10.7. The quantitative estimate of drug-likeness (QED) is 0.438. The number of anilines is 1. The van der Waals surface area contributed by atoms with Gasteiger partial charge in [0.1, 0.15) is 11.5 Å². The minimum absolute atomic E-state index is 0.197. The molecule has 0 fully saturated rings. The van der Waals surface area contributed by atoms with Crippen molar-refractivity contribution in [2.24, 2.45) is 0 Å². The van der Waals surface area contributed by atoms with Gasteiger partial charge in [0, 0.05) is 10.6 Å². The smallest absolute Gasteiger partial charge is 0.230 e. The predicted molar refractivity (Wildman–Crippen MR) is 115 cm³/mol. The van der Waals surface area contributed by atoms with E-state index in [1.54, 1.807) is 30.5 Å². The third kappa shape index (κ3) is 4.67. The molecule has 0 aliphatic rings. The topological polar surface area (TPSA) is 54.9 Å². The second-order valence-corrected chi connectivity index (χ2v) is 7.67. The van der Waals surface area contributed by atoms with Crippen molar-refractivity contribution >= 4 is 34.7 Å². The second kappa shape index (κ2) is 8.51. The standard InChI is InChI=1S/C22H15ClFN3OS/c23-16-7-3-14(4-8-16)12-20(28)27-22-21(19-2-1-11-29-19)26-18(13-25-22)15-5-9-17(24)10-6-15/h1-11,13H,12H2,(H,25,27,28). The van der Waals surface area contributed by atoms with E-state index in [0.717, 1.165) is 16.0 Å². The minimum atomic E-state index is -0.314. The fourth-order valence-corrected chi connectivity index (χ4v) is 3.63. The second-order valence-electron chi connectivity index (χ2n) is 6.29. The van der Waals surface area contributed by atoms with Gasteiger partial charge in [0.2, 0.25) is 5.91 Å². The van der Waals surface area contributed by atoms with Crippen LogP contribution in [0.15, 0.2) is 72.2 Å². The molecule has 0 unspecified atom stereocenters. The molecule has 0 aliphatic heterocycles. The van der Waals surface area contributed by atoms with Gasteiger partial charge in [-0.1, -0.05) is 29.8 Å². The molecule has 0 spiro atoms. The van der Waals surface area contributed by atoms with Crippen molar-refractivity contribution in [1.82, 2.24) is 9.97 Å². The maximum atomic E-state index is 13.2. The summed E-state index contributed by atoms with van der Waals surface area (Å²) >= 11 is 7.39. The summed E-state index contributed by atoms with van der Waals surface area (Å²) in [7, 11) is 0. The molecular formula is C22H15ClFN3OS. The number of nitrogens with one attached hydrogen (secondary N) is 1. The molecule has 7 heteroatoms. The molecule has 29 heavy (non-hydrogen) atoms. The van der Waals surface area contributed by atoms with Crippen molar-refractivity contribution < 1.29 is 9.18 Å². The summed E-state index contributed by atoms with van der Waals surface area (Å²) in [5.74, 6) is -0.127. The monoisotopic (exact) mass is 423 g/mol. The summed E-state index contributed by atoms with van der Waals surface area (Å²) in [6, 6.07) is 17.0. The van der Waals surface area contributed by atoms with Crippen LogP contribution >= 0.6 is 22.9 Å². The number of amides is 1. The first-order valence-corrected chi connectivity index (χ1v) is 10.1. The number of hydrogen-bond acceptors (Lipinski definition) is 4.